The third kappa shape index (κ3) is 5.26. The molecule has 2 aromatic heterocycles. The fourth-order valence-electron chi connectivity index (χ4n) is 3.32. The summed E-state index contributed by atoms with van der Waals surface area (Å²) < 4.78 is 42.3. The third-order valence-corrected chi connectivity index (χ3v) is 6.56. The number of hydrogen-bond acceptors (Lipinski definition) is 8. The van der Waals surface area contributed by atoms with Gasteiger partial charge in [0.15, 0.2) is 6.10 Å². The number of sulfonamides is 1. The van der Waals surface area contributed by atoms with Crippen LogP contribution in [0.25, 0.3) is 0 Å². The highest BCUT2D eigenvalue weighted by atomic mass is 32.2. The summed E-state index contributed by atoms with van der Waals surface area (Å²) in [5, 5.41) is 0. The highest BCUT2D eigenvalue weighted by Gasteiger charge is 2.27. The first-order valence-electron chi connectivity index (χ1n) is 10.2. The van der Waals surface area contributed by atoms with E-state index in [4.69, 9.17) is 13.9 Å². The maximum absolute atomic E-state index is 12.8. The molecule has 0 bridgehead atoms. The Morgan fingerprint density at radius 2 is 1.76 bits per heavy atom. The summed E-state index contributed by atoms with van der Waals surface area (Å²) in [6.45, 7) is 4.61. The summed E-state index contributed by atoms with van der Waals surface area (Å²) in [7, 11) is -2.58. The van der Waals surface area contributed by atoms with Gasteiger partial charge in [0.25, 0.3) is 0 Å². The number of H-pyrrole nitrogens is 1. The Kier molecular flexibility index (Phi) is 7.38. The Morgan fingerprint density at radius 1 is 1.09 bits per heavy atom. The predicted octanol–water partition coefficient (Wildman–Crippen LogP) is 2.92. The van der Waals surface area contributed by atoms with Crippen molar-refractivity contribution in [3.8, 4) is 0 Å². The van der Waals surface area contributed by atoms with Gasteiger partial charge in [-0.25, -0.2) is 22.7 Å². The van der Waals surface area contributed by atoms with Crippen molar-refractivity contribution in [1.82, 2.24) is 9.71 Å². The number of rotatable bonds is 9. The second kappa shape index (κ2) is 10.1. The third-order valence-electron chi connectivity index (χ3n) is 5.14. The standard InChI is InChI=1S/C23H24N2O8S/c1-13-19(23(28)31-4)14(2)25-20(13)21(26)15(3)33-22(27)16-7-9-18(10-8-16)34(29,30)24-12-17-6-5-11-32-17/h5-11,15,24-25H,12H2,1-4H3. The summed E-state index contributed by atoms with van der Waals surface area (Å²) in [5.41, 5.74) is 1.32. The molecule has 3 aromatic rings. The Morgan fingerprint density at radius 3 is 2.35 bits per heavy atom. The number of carbonyl (C=O) groups excluding carboxylic acids is 3. The van der Waals surface area contributed by atoms with E-state index in [1.807, 2.05) is 0 Å². The quantitative estimate of drug-likeness (QED) is 0.345. The van der Waals surface area contributed by atoms with Crippen molar-refractivity contribution in [1.29, 1.82) is 0 Å². The number of ether oxygens (including phenoxy) is 2. The molecule has 10 nitrogen and oxygen atoms in total. The van der Waals surface area contributed by atoms with Crippen molar-refractivity contribution < 1.29 is 36.7 Å². The van der Waals surface area contributed by atoms with Gasteiger partial charge in [0.2, 0.25) is 15.8 Å². The zero-order valence-electron chi connectivity index (χ0n) is 19.0. The van der Waals surface area contributed by atoms with Gasteiger partial charge in [0.1, 0.15) is 5.76 Å². The van der Waals surface area contributed by atoms with Crippen LogP contribution in [-0.2, 0) is 26.0 Å². The van der Waals surface area contributed by atoms with Gasteiger partial charge in [0, 0.05) is 5.69 Å². The maximum atomic E-state index is 12.8. The molecular formula is C23H24N2O8S. The molecule has 0 saturated carbocycles. The van der Waals surface area contributed by atoms with Gasteiger partial charge in [-0.2, -0.15) is 0 Å². The van der Waals surface area contributed by atoms with Crippen molar-refractivity contribution in [2.24, 2.45) is 0 Å². The molecule has 0 amide bonds. The first-order valence-corrected chi connectivity index (χ1v) is 11.7. The fourth-order valence-corrected chi connectivity index (χ4v) is 4.32. The van der Waals surface area contributed by atoms with E-state index in [9.17, 15) is 22.8 Å². The largest absolute Gasteiger partial charge is 0.468 e. The molecule has 2 N–H and O–H groups in total. The van der Waals surface area contributed by atoms with Crippen LogP contribution in [0.15, 0.2) is 52.0 Å². The minimum atomic E-state index is -3.83. The number of Topliss-reactive ketones (excluding diaryl/α,β-unsaturated/α-hetero) is 1. The fraction of sp³-hybridized carbons (Fsp3) is 0.261. The van der Waals surface area contributed by atoms with E-state index in [0.717, 1.165) is 0 Å². The molecule has 34 heavy (non-hydrogen) atoms. The van der Waals surface area contributed by atoms with E-state index in [0.29, 0.717) is 17.0 Å². The molecule has 3 rings (SSSR count). The van der Waals surface area contributed by atoms with Gasteiger partial charge in [-0.1, -0.05) is 0 Å². The molecule has 11 heteroatoms. The van der Waals surface area contributed by atoms with Crippen LogP contribution in [0, 0.1) is 13.8 Å². The van der Waals surface area contributed by atoms with Crippen molar-refractivity contribution in [2.45, 2.75) is 38.3 Å². The highest BCUT2D eigenvalue weighted by molar-refractivity contribution is 7.89. The number of furan rings is 1. The molecule has 2 heterocycles. The summed E-state index contributed by atoms with van der Waals surface area (Å²) in [6, 6.07) is 8.38. The molecule has 0 fully saturated rings. The lowest BCUT2D eigenvalue weighted by molar-refractivity contribution is 0.0316. The number of ketones is 1. The van der Waals surface area contributed by atoms with Gasteiger partial charge in [0.05, 0.1) is 41.6 Å². The molecule has 0 aliphatic heterocycles. The predicted molar refractivity (Wildman–Crippen MR) is 120 cm³/mol. The lowest BCUT2D eigenvalue weighted by atomic mass is 10.1. The smallest absolute Gasteiger partial charge is 0.339 e. The van der Waals surface area contributed by atoms with Crippen molar-refractivity contribution in [2.75, 3.05) is 7.11 Å². The second-order valence-corrected chi connectivity index (χ2v) is 9.22. The van der Waals surface area contributed by atoms with Crippen LogP contribution in [0.4, 0.5) is 0 Å². The molecule has 1 unspecified atom stereocenters. The van der Waals surface area contributed by atoms with Crippen LogP contribution in [0.5, 0.6) is 0 Å². The molecular weight excluding hydrogens is 464 g/mol. The molecule has 1 atom stereocenters. The number of aromatic nitrogens is 1. The molecule has 180 valence electrons. The summed E-state index contributed by atoms with van der Waals surface area (Å²) in [6.07, 6.45) is 0.277. The molecule has 0 aliphatic rings. The maximum Gasteiger partial charge on any atom is 0.339 e. The average Bonchev–Trinajstić information content (AvgIpc) is 3.44. The van der Waals surface area contributed by atoms with Gasteiger partial charge in [-0.15, -0.1) is 0 Å². The van der Waals surface area contributed by atoms with Gasteiger partial charge >= 0.3 is 11.9 Å². The normalized spacial score (nSPS) is 12.2. The number of hydrogen-bond donors (Lipinski definition) is 2. The summed E-state index contributed by atoms with van der Waals surface area (Å²) in [4.78, 5) is 40.0. The van der Waals surface area contributed by atoms with E-state index in [1.165, 1.54) is 44.6 Å². The van der Waals surface area contributed by atoms with Crippen LogP contribution < -0.4 is 4.72 Å². The number of aromatic amines is 1. The number of nitrogens with one attached hydrogen (secondary N) is 2. The Labute approximate surface area is 196 Å². The van der Waals surface area contributed by atoms with Crippen molar-refractivity contribution in [3.05, 3.63) is 76.5 Å². The number of carbonyl (C=O) groups is 3. The van der Waals surface area contributed by atoms with Crippen LogP contribution in [0.1, 0.15) is 55.1 Å². The summed E-state index contributed by atoms with van der Waals surface area (Å²) in [5.74, 6) is -1.45. The number of aryl methyl sites for hydroxylation is 1. The van der Waals surface area contributed by atoms with E-state index in [2.05, 4.69) is 9.71 Å². The summed E-state index contributed by atoms with van der Waals surface area (Å²) >= 11 is 0. The Bertz CT molecular complexity index is 1310. The van der Waals surface area contributed by atoms with Crippen LogP contribution in [0.2, 0.25) is 0 Å². The monoisotopic (exact) mass is 488 g/mol. The Hall–Kier alpha value is -3.70. The number of methoxy groups -OCH3 is 1. The lowest BCUT2D eigenvalue weighted by Crippen LogP contribution is -2.25. The van der Waals surface area contributed by atoms with E-state index in [-0.39, 0.29) is 28.3 Å². The van der Waals surface area contributed by atoms with E-state index >= 15 is 0 Å². The molecule has 0 saturated heterocycles. The highest BCUT2D eigenvalue weighted by Crippen LogP contribution is 2.21. The minimum Gasteiger partial charge on any atom is -0.468 e. The van der Waals surface area contributed by atoms with Crippen LogP contribution >= 0.6 is 0 Å². The lowest BCUT2D eigenvalue weighted by Gasteiger charge is -2.13. The number of benzene rings is 1. The molecule has 1 aromatic carbocycles. The van der Waals surface area contributed by atoms with E-state index < -0.39 is 33.8 Å². The van der Waals surface area contributed by atoms with Crippen LogP contribution in [0.3, 0.4) is 0 Å². The average molecular weight is 489 g/mol. The topological polar surface area (TPSA) is 145 Å². The van der Waals surface area contributed by atoms with Crippen LogP contribution in [-0.4, -0.2) is 44.3 Å². The zero-order chi connectivity index (χ0) is 25.0. The molecule has 0 spiro atoms. The first-order chi connectivity index (χ1) is 16.0. The molecule has 0 radical (unpaired) electrons. The number of esters is 2. The van der Waals surface area contributed by atoms with Gasteiger partial charge in [-0.3, -0.25) is 4.79 Å². The zero-order valence-corrected chi connectivity index (χ0v) is 19.8. The first kappa shape index (κ1) is 24.9. The van der Waals surface area contributed by atoms with Crippen molar-refractivity contribution in [3.63, 3.8) is 0 Å². The Balaban J connectivity index is 1.67. The van der Waals surface area contributed by atoms with Gasteiger partial charge < -0.3 is 18.9 Å². The minimum absolute atomic E-state index is 0.0198. The SMILES string of the molecule is COC(=O)c1c(C)[nH]c(C(=O)C(C)OC(=O)c2ccc(S(=O)(=O)NCc3ccco3)cc2)c1C. The molecule has 0 aliphatic carbocycles. The van der Waals surface area contributed by atoms with E-state index in [1.54, 1.807) is 26.0 Å². The van der Waals surface area contributed by atoms with Crippen molar-refractivity contribution >= 4 is 27.7 Å². The second-order valence-electron chi connectivity index (χ2n) is 7.46. The van der Waals surface area contributed by atoms with Gasteiger partial charge in [-0.05, 0) is 62.7 Å².